The van der Waals surface area contributed by atoms with Gasteiger partial charge in [-0.3, -0.25) is 0 Å². The van der Waals surface area contributed by atoms with Crippen LogP contribution in [0.3, 0.4) is 0 Å². The third-order valence-corrected chi connectivity index (χ3v) is 11.0. The Morgan fingerprint density at radius 3 is 1.79 bits per heavy atom. The Morgan fingerprint density at radius 2 is 1.00 bits per heavy atom. The average molecular weight is 715 g/mol. The number of aromatic nitrogens is 4. The Morgan fingerprint density at radius 1 is 0.357 bits per heavy atom. The summed E-state index contributed by atoms with van der Waals surface area (Å²) in [6.07, 6.45) is 2.20. The Labute approximate surface area is 324 Å². The third-order valence-electron chi connectivity index (χ3n) is 11.0. The summed E-state index contributed by atoms with van der Waals surface area (Å²) >= 11 is 0. The molecule has 0 saturated carbocycles. The molecule has 262 valence electrons. The lowest BCUT2D eigenvalue weighted by Gasteiger charge is -2.13. The zero-order chi connectivity index (χ0) is 37.0. The second-order valence-corrected chi connectivity index (χ2v) is 14.3. The molecule has 0 aliphatic heterocycles. The number of nitrogens with zero attached hydrogens (tertiary/aromatic N) is 4. The van der Waals surface area contributed by atoms with Crippen LogP contribution in [-0.4, -0.2) is 19.1 Å². The maximum absolute atomic E-state index is 5.09. The van der Waals surface area contributed by atoms with Crippen LogP contribution in [0.5, 0.6) is 0 Å². The van der Waals surface area contributed by atoms with E-state index < -0.39 is 0 Å². The summed E-state index contributed by atoms with van der Waals surface area (Å²) in [5, 5.41) is 6.22. The number of rotatable bonds is 6. The van der Waals surface area contributed by atoms with Crippen LogP contribution >= 0.6 is 0 Å². The third kappa shape index (κ3) is 5.31. The van der Waals surface area contributed by atoms with Gasteiger partial charge in [0.25, 0.3) is 0 Å². The Bertz CT molecular complexity index is 3160. The lowest BCUT2D eigenvalue weighted by Crippen LogP contribution is -1.96. The Balaban J connectivity index is 1.04. The van der Waals surface area contributed by atoms with Gasteiger partial charge in [0.2, 0.25) is 0 Å². The topological polar surface area (TPSA) is 35.6 Å². The molecule has 0 fully saturated rings. The van der Waals surface area contributed by atoms with Gasteiger partial charge in [-0.25, -0.2) is 9.97 Å². The average Bonchev–Trinajstić information content (AvgIpc) is 3.87. The smallest absolute Gasteiger partial charge is 0.160 e. The molecular formula is C52H34N4. The molecule has 3 aromatic heterocycles. The van der Waals surface area contributed by atoms with Crippen molar-refractivity contribution in [1.82, 2.24) is 19.1 Å². The highest BCUT2D eigenvalue weighted by Gasteiger charge is 2.18. The molecule has 0 aliphatic rings. The molecule has 0 spiro atoms. The minimum absolute atomic E-state index is 0.712. The van der Waals surface area contributed by atoms with Crippen molar-refractivity contribution in [2.45, 2.75) is 0 Å². The van der Waals surface area contributed by atoms with Crippen LogP contribution in [0.15, 0.2) is 206 Å². The first-order valence-electron chi connectivity index (χ1n) is 19.0. The van der Waals surface area contributed by atoms with Crippen molar-refractivity contribution in [3.8, 4) is 56.4 Å². The molecule has 0 atom stereocenters. The van der Waals surface area contributed by atoms with E-state index in [2.05, 4.69) is 191 Å². The molecule has 11 rings (SSSR count). The summed E-state index contributed by atoms with van der Waals surface area (Å²) in [6, 6.07) is 71.0. The molecule has 56 heavy (non-hydrogen) atoms. The molecule has 4 heteroatoms. The first-order valence-corrected chi connectivity index (χ1v) is 19.0. The minimum atomic E-state index is 0.712. The van der Waals surface area contributed by atoms with E-state index in [1.807, 2.05) is 24.3 Å². The van der Waals surface area contributed by atoms with Gasteiger partial charge < -0.3 is 9.13 Å². The van der Waals surface area contributed by atoms with E-state index in [4.69, 9.17) is 9.97 Å². The molecule has 0 aliphatic carbocycles. The van der Waals surface area contributed by atoms with Gasteiger partial charge in [0.1, 0.15) is 0 Å². The van der Waals surface area contributed by atoms with E-state index in [-0.39, 0.29) is 0 Å². The summed E-state index contributed by atoms with van der Waals surface area (Å²) in [5.41, 5.74) is 13.0. The zero-order valence-corrected chi connectivity index (χ0v) is 30.4. The van der Waals surface area contributed by atoms with Crippen molar-refractivity contribution < 1.29 is 0 Å². The Hall–Kier alpha value is -7.56. The van der Waals surface area contributed by atoms with Crippen LogP contribution in [0.1, 0.15) is 0 Å². The number of hydrogen-bond acceptors (Lipinski definition) is 2. The molecule has 0 N–H and O–H groups in total. The summed E-state index contributed by atoms with van der Waals surface area (Å²) in [7, 11) is 0. The molecule has 8 aromatic carbocycles. The molecule has 0 amide bonds. The van der Waals surface area contributed by atoms with Crippen LogP contribution in [-0.2, 0) is 0 Å². The summed E-state index contributed by atoms with van der Waals surface area (Å²) in [4.78, 5) is 10.1. The van der Waals surface area contributed by atoms with E-state index >= 15 is 0 Å². The first-order chi connectivity index (χ1) is 27.8. The van der Waals surface area contributed by atoms with Gasteiger partial charge in [-0.15, -0.1) is 0 Å². The molecule has 0 bridgehead atoms. The SMILES string of the molecule is c1ccc(-c2cc(-c3cccc(-c4ccc(-n5c6ccccc6c6ccc7ccc8c(ccn8-c8ccccc8)c7c65)cc4)c3)nc(-c3ccccc3)n2)cc1. The van der Waals surface area contributed by atoms with E-state index in [1.165, 1.54) is 43.5 Å². The van der Waals surface area contributed by atoms with Crippen LogP contribution in [0.25, 0.3) is 99.9 Å². The van der Waals surface area contributed by atoms with Gasteiger partial charge in [-0.1, -0.05) is 146 Å². The van der Waals surface area contributed by atoms with Crippen molar-refractivity contribution in [2.75, 3.05) is 0 Å². The van der Waals surface area contributed by atoms with Crippen molar-refractivity contribution >= 4 is 43.5 Å². The quantitative estimate of drug-likeness (QED) is 0.172. The van der Waals surface area contributed by atoms with Crippen molar-refractivity contribution in [3.63, 3.8) is 0 Å². The van der Waals surface area contributed by atoms with Crippen LogP contribution in [0, 0.1) is 0 Å². The standard InChI is InChI=1S/C52H34N4/c1-4-13-36(14-5-1)46-34-47(54-52(53-46)38-15-6-2-7-16-38)40-18-12-17-39(33-40)35-23-27-42(28-24-35)56-49-22-11-10-21-43(49)44-29-25-37-26-30-48-45(50(37)51(44)56)31-32-55(48)41-19-8-3-9-20-41/h1-34H. The van der Waals surface area contributed by atoms with Gasteiger partial charge in [0.15, 0.2) is 5.82 Å². The predicted molar refractivity (Wildman–Crippen MR) is 232 cm³/mol. The molecule has 4 nitrogen and oxygen atoms in total. The van der Waals surface area contributed by atoms with E-state index in [1.54, 1.807) is 0 Å². The largest absolute Gasteiger partial charge is 0.317 e. The fourth-order valence-corrected chi connectivity index (χ4v) is 8.30. The van der Waals surface area contributed by atoms with Crippen molar-refractivity contribution in [2.24, 2.45) is 0 Å². The van der Waals surface area contributed by atoms with Crippen molar-refractivity contribution in [1.29, 1.82) is 0 Å². The fourth-order valence-electron chi connectivity index (χ4n) is 8.30. The molecule has 0 radical (unpaired) electrons. The zero-order valence-electron chi connectivity index (χ0n) is 30.4. The van der Waals surface area contributed by atoms with E-state index in [0.717, 1.165) is 50.6 Å². The number of benzene rings is 8. The van der Waals surface area contributed by atoms with E-state index in [9.17, 15) is 0 Å². The van der Waals surface area contributed by atoms with E-state index in [0.29, 0.717) is 5.82 Å². The van der Waals surface area contributed by atoms with Crippen molar-refractivity contribution in [3.05, 3.63) is 206 Å². The summed E-state index contributed by atoms with van der Waals surface area (Å²) in [5.74, 6) is 0.712. The number of para-hydroxylation sites is 2. The molecule has 3 heterocycles. The molecule has 0 saturated heterocycles. The highest BCUT2D eigenvalue weighted by Crippen LogP contribution is 2.40. The maximum Gasteiger partial charge on any atom is 0.160 e. The fraction of sp³-hybridized carbons (Fsp3) is 0. The summed E-state index contributed by atoms with van der Waals surface area (Å²) in [6.45, 7) is 0. The van der Waals surface area contributed by atoms with Gasteiger partial charge in [-0.2, -0.15) is 0 Å². The molecular weight excluding hydrogens is 681 g/mol. The highest BCUT2D eigenvalue weighted by atomic mass is 15.0. The number of fused-ring (bicyclic) bond motifs is 7. The van der Waals surface area contributed by atoms with Crippen LogP contribution < -0.4 is 0 Å². The number of hydrogen-bond donors (Lipinski definition) is 0. The minimum Gasteiger partial charge on any atom is -0.317 e. The van der Waals surface area contributed by atoms with Crippen LogP contribution in [0.2, 0.25) is 0 Å². The Kier molecular flexibility index (Phi) is 7.46. The normalized spacial score (nSPS) is 11.6. The monoisotopic (exact) mass is 714 g/mol. The maximum atomic E-state index is 5.09. The lowest BCUT2D eigenvalue weighted by atomic mass is 10.00. The van der Waals surface area contributed by atoms with Gasteiger partial charge in [0.05, 0.1) is 27.9 Å². The first kappa shape index (κ1) is 31.9. The molecule has 11 aromatic rings. The molecule has 0 unspecified atom stereocenters. The second kappa shape index (κ2) is 13.1. The van der Waals surface area contributed by atoms with Gasteiger partial charge in [-0.05, 0) is 71.1 Å². The van der Waals surface area contributed by atoms with Gasteiger partial charge in [0, 0.05) is 55.8 Å². The lowest BCUT2D eigenvalue weighted by molar-refractivity contribution is 1.13. The van der Waals surface area contributed by atoms with Gasteiger partial charge >= 0.3 is 0 Å². The second-order valence-electron chi connectivity index (χ2n) is 14.3. The van der Waals surface area contributed by atoms with Crippen LogP contribution in [0.4, 0.5) is 0 Å². The highest BCUT2D eigenvalue weighted by molar-refractivity contribution is 6.25. The predicted octanol–water partition coefficient (Wildman–Crippen LogP) is 13.3. The summed E-state index contributed by atoms with van der Waals surface area (Å²) < 4.78 is 4.74.